The summed E-state index contributed by atoms with van der Waals surface area (Å²) >= 11 is 0. The zero-order chi connectivity index (χ0) is 25.5. The molecular formula is C25H27N5O6. The van der Waals surface area contributed by atoms with E-state index >= 15 is 0 Å². The van der Waals surface area contributed by atoms with Crippen LogP contribution in [-0.4, -0.2) is 67.3 Å². The van der Waals surface area contributed by atoms with Gasteiger partial charge in [0, 0.05) is 11.6 Å². The van der Waals surface area contributed by atoms with Gasteiger partial charge in [-0.25, -0.2) is 0 Å². The van der Waals surface area contributed by atoms with Crippen LogP contribution in [0.4, 0.5) is 0 Å². The summed E-state index contributed by atoms with van der Waals surface area (Å²) in [6.45, 7) is 0.556. The van der Waals surface area contributed by atoms with Gasteiger partial charge in [-0.15, -0.1) is 15.3 Å². The number of hydrogen-bond donors (Lipinski definition) is 1. The molecule has 0 spiro atoms. The van der Waals surface area contributed by atoms with Crippen LogP contribution in [0.25, 0.3) is 17.0 Å². The van der Waals surface area contributed by atoms with Gasteiger partial charge in [0.1, 0.15) is 6.61 Å². The number of nitrogens with one attached hydrogen (secondary N) is 1. The lowest BCUT2D eigenvalue weighted by molar-refractivity contribution is -0.120. The zero-order valence-corrected chi connectivity index (χ0v) is 20.5. The van der Waals surface area contributed by atoms with E-state index in [9.17, 15) is 4.79 Å². The van der Waals surface area contributed by atoms with E-state index in [0.717, 1.165) is 11.1 Å². The number of carbonyl (C=O) groups is 1. The fourth-order valence-electron chi connectivity index (χ4n) is 3.59. The first kappa shape index (κ1) is 24.6. The number of fused-ring (bicyclic) bond motifs is 1. The van der Waals surface area contributed by atoms with E-state index in [0.29, 0.717) is 46.9 Å². The number of hydrogen-bond acceptors (Lipinski definition) is 9. The molecule has 0 bridgehead atoms. The fourth-order valence-corrected chi connectivity index (χ4v) is 3.59. The average Bonchev–Trinajstić information content (AvgIpc) is 3.34. The highest BCUT2D eigenvalue weighted by atomic mass is 16.5. The van der Waals surface area contributed by atoms with Crippen molar-refractivity contribution in [1.29, 1.82) is 0 Å². The molecule has 36 heavy (non-hydrogen) atoms. The second-order valence-corrected chi connectivity index (χ2v) is 7.60. The fraction of sp³-hybridized carbons (Fsp3) is 0.280. The predicted octanol–water partition coefficient (Wildman–Crippen LogP) is 2.56. The molecular weight excluding hydrogens is 466 g/mol. The number of methoxy groups -OCH3 is 4. The highest BCUT2D eigenvalue weighted by Crippen LogP contribution is 2.32. The number of aromatic nitrogens is 4. The van der Waals surface area contributed by atoms with Crippen molar-refractivity contribution in [2.24, 2.45) is 0 Å². The molecule has 2 heterocycles. The topological polar surface area (TPSA) is 118 Å². The largest absolute Gasteiger partial charge is 0.493 e. The SMILES string of the molecule is COc1ccc(CC(=O)NCCOc2ccc3nnc(-c4ccc(OC)c(OC)c4)n3n2)cc1OC. The monoisotopic (exact) mass is 493 g/mol. The minimum absolute atomic E-state index is 0.135. The molecule has 4 rings (SSSR count). The molecule has 188 valence electrons. The number of ether oxygens (including phenoxy) is 5. The molecule has 0 aliphatic carbocycles. The minimum atomic E-state index is -0.135. The third-order valence-electron chi connectivity index (χ3n) is 5.37. The normalized spacial score (nSPS) is 10.7. The van der Waals surface area contributed by atoms with Crippen LogP contribution in [0.1, 0.15) is 5.56 Å². The lowest BCUT2D eigenvalue weighted by atomic mass is 10.1. The van der Waals surface area contributed by atoms with Crippen molar-refractivity contribution in [3.05, 3.63) is 54.1 Å². The summed E-state index contributed by atoms with van der Waals surface area (Å²) in [7, 11) is 6.27. The van der Waals surface area contributed by atoms with Gasteiger partial charge in [-0.05, 0) is 42.0 Å². The first-order valence-electron chi connectivity index (χ1n) is 11.1. The van der Waals surface area contributed by atoms with Gasteiger partial charge in [0.25, 0.3) is 0 Å². The Kier molecular flexibility index (Phi) is 7.69. The molecule has 0 saturated heterocycles. The molecule has 1 N–H and O–H groups in total. The Bertz CT molecular complexity index is 1360. The number of carbonyl (C=O) groups excluding carboxylic acids is 1. The van der Waals surface area contributed by atoms with Crippen molar-refractivity contribution >= 4 is 11.6 Å². The van der Waals surface area contributed by atoms with Crippen LogP contribution in [0.5, 0.6) is 28.9 Å². The van der Waals surface area contributed by atoms with Crippen LogP contribution in [0.15, 0.2) is 48.5 Å². The van der Waals surface area contributed by atoms with Crippen LogP contribution < -0.4 is 29.0 Å². The van der Waals surface area contributed by atoms with Gasteiger partial charge in [-0.2, -0.15) is 4.52 Å². The van der Waals surface area contributed by atoms with Gasteiger partial charge in [0.2, 0.25) is 11.8 Å². The van der Waals surface area contributed by atoms with Gasteiger partial charge in [0.05, 0.1) is 41.4 Å². The second kappa shape index (κ2) is 11.3. The molecule has 0 fully saturated rings. The van der Waals surface area contributed by atoms with Gasteiger partial charge >= 0.3 is 0 Å². The molecule has 4 aromatic rings. The minimum Gasteiger partial charge on any atom is -0.493 e. The molecule has 0 aliphatic rings. The second-order valence-electron chi connectivity index (χ2n) is 7.60. The Morgan fingerprint density at radius 2 is 1.53 bits per heavy atom. The Morgan fingerprint density at radius 3 is 2.25 bits per heavy atom. The number of nitrogens with zero attached hydrogens (tertiary/aromatic N) is 4. The standard InChI is InChI=1S/C25H27N5O6/c1-32-18-7-5-16(13-20(18)34-3)14-23(31)26-11-12-36-24-10-9-22-27-28-25(30(22)29-24)17-6-8-19(33-2)21(15-17)35-4/h5-10,13,15H,11-12,14H2,1-4H3,(H,26,31). The molecule has 0 saturated carbocycles. The Balaban J connectivity index is 1.36. The van der Waals surface area contributed by atoms with Gasteiger partial charge in [0.15, 0.2) is 34.5 Å². The lowest BCUT2D eigenvalue weighted by Gasteiger charge is -2.10. The van der Waals surface area contributed by atoms with Gasteiger partial charge in [-0.3, -0.25) is 4.79 Å². The molecule has 0 unspecified atom stereocenters. The summed E-state index contributed by atoms with van der Waals surface area (Å²) in [6, 6.07) is 14.3. The number of benzene rings is 2. The van der Waals surface area contributed by atoms with E-state index in [4.69, 9.17) is 23.7 Å². The highest BCUT2D eigenvalue weighted by Gasteiger charge is 2.14. The van der Waals surface area contributed by atoms with E-state index in [1.165, 1.54) is 0 Å². The van der Waals surface area contributed by atoms with Crippen LogP contribution in [0, 0.1) is 0 Å². The third kappa shape index (κ3) is 5.40. The van der Waals surface area contributed by atoms with Gasteiger partial charge in [-0.1, -0.05) is 6.07 Å². The summed E-state index contributed by atoms with van der Waals surface area (Å²) in [5, 5.41) is 15.7. The maximum absolute atomic E-state index is 12.3. The molecule has 11 nitrogen and oxygen atoms in total. The lowest BCUT2D eigenvalue weighted by Crippen LogP contribution is -2.29. The quantitative estimate of drug-likeness (QED) is 0.315. The van der Waals surface area contributed by atoms with Crippen molar-refractivity contribution in [3.8, 4) is 40.3 Å². The van der Waals surface area contributed by atoms with Crippen molar-refractivity contribution < 1.29 is 28.5 Å². The first-order valence-corrected chi connectivity index (χ1v) is 11.1. The average molecular weight is 494 g/mol. The van der Waals surface area contributed by atoms with Crippen LogP contribution in [-0.2, 0) is 11.2 Å². The Labute approximate surface area is 207 Å². The smallest absolute Gasteiger partial charge is 0.231 e. The molecule has 0 aliphatic heterocycles. The third-order valence-corrected chi connectivity index (χ3v) is 5.37. The van der Waals surface area contributed by atoms with Crippen LogP contribution in [0.2, 0.25) is 0 Å². The number of rotatable bonds is 11. The van der Waals surface area contributed by atoms with E-state index < -0.39 is 0 Å². The summed E-state index contributed by atoms with van der Waals surface area (Å²) in [6.07, 6.45) is 0.208. The van der Waals surface area contributed by atoms with E-state index in [1.807, 2.05) is 12.1 Å². The van der Waals surface area contributed by atoms with Crippen molar-refractivity contribution in [3.63, 3.8) is 0 Å². The van der Waals surface area contributed by atoms with Crippen molar-refractivity contribution in [2.75, 3.05) is 41.6 Å². The molecule has 11 heteroatoms. The maximum atomic E-state index is 12.3. The molecule has 0 atom stereocenters. The molecule has 0 radical (unpaired) electrons. The Hall–Kier alpha value is -4.54. The summed E-state index contributed by atoms with van der Waals surface area (Å²) in [5.41, 5.74) is 2.14. The Morgan fingerprint density at radius 1 is 0.833 bits per heavy atom. The number of amides is 1. The van der Waals surface area contributed by atoms with Crippen molar-refractivity contribution in [2.45, 2.75) is 6.42 Å². The molecule has 2 aromatic carbocycles. The van der Waals surface area contributed by atoms with Crippen LogP contribution in [0.3, 0.4) is 0 Å². The van der Waals surface area contributed by atoms with E-state index in [1.54, 1.807) is 69.4 Å². The van der Waals surface area contributed by atoms with E-state index in [-0.39, 0.29) is 18.9 Å². The summed E-state index contributed by atoms with van der Waals surface area (Å²) in [5.74, 6) is 3.14. The van der Waals surface area contributed by atoms with E-state index in [2.05, 4.69) is 20.6 Å². The molecule has 1 amide bonds. The van der Waals surface area contributed by atoms with Crippen molar-refractivity contribution in [1.82, 2.24) is 25.1 Å². The first-order chi connectivity index (χ1) is 17.6. The predicted molar refractivity (Wildman–Crippen MR) is 131 cm³/mol. The van der Waals surface area contributed by atoms with Crippen LogP contribution >= 0.6 is 0 Å². The maximum Gasteiger partial charge on any atom is 0.231 e. The molecule has 2 aromatic heterocycles. The van der Waals surface area contributed by atoms with Gasteiger partial charge < -0.3 is 29.0 Å². The summed E-state index contributed by atoms with van der Waals surface area (Å²) in [4.78, 5) is 12.3. The summed E-state index contributed by atoms with van der Waals surface area (Å²) < 4.78 is 28.5. The highest BCUT2D eigenvalue weighted by molar-refractivity contribution is 5.78. The zero-order valence-electron chi connectivity index (χ0n) is 20.5.